The van der Waals surface area contributed by atoms with Gasteiger partial charge in [-0.25, -0.2) is 4.79 Å². The van der Waals surface area contributed by atoms with E-state index in [1.165, 1.54) is 0 Å². The van der Waals surface area contributed by atoms with Gasteiger partial charge < -0.3 is 9.30 Å². The number of hydrogen-bond donors (Lipinski definition) is 0. The highest BCUT2D eigenvalue weighted by molar-refractivity contribution is 6.05. The minimum Gasteiger partial charge on any atom is -0.454 e. The van der Waals surface area contributed by atoms with Crippen molar-refractivity contribution in [2.24, 2.45) is 0 Å². The maximum atomic E-state index is 13.3. The monoisotopic (exact) mass is 488 g/mol. The molecule has 0 unspecified atom stereocenters. The summed E-state index contributed by atoms with van der Waals surface area (Å²) in [6.07, 6.45) is 0. The van der Waals surface area contributed by atoms with Crippen molar-refractivity contribution in [3.63, 3.8) is 0 Å². The lowest BCUT2D eigenvalue weighted by atomic mass is 9.98. The van der Waals surface area contributed by atoms with Crippen LogP contribution < -0.4 is 0 Å². The Bertz CT molecular complexity index is 1550. The van der Waals surface area contributed by atoms with Crippen molar-refractivity contribution in [3.05, 3.63) is 136 Å². The molecular weight excluding hydrogens is 460 g/mol. The fraction of sp³-hybridized carbons (Fsp3) is 0.156. The number of rotatable bonds is 7. The quantitative estimate of drug-likeness (QED) is 0.190. The average Bonchev–Trinajstić information content (AvgIpc) is 3.21. The molecule has 5 aromatic rings. The molecule has 0 N–H and O–H groups in total. The first-order chi connectivity index (χ1) is 17.9. The van der Waals surface area contributed by atoms with E-state index in [1.807, 2.05) is 87.5 Å². The zero-order valence-corrected chi connectivity index (χ0v) is 21.1. The number of para-hydroxylation sites is 1. The number of pyridine rings is 1. The van der Waals surface area contributed by atoms with Gasteiger partial charge in [0, 0.05) is 28.0 Å². The van der Waals surface area contributed by atoms with Crippen LogP contribution in [0.2, 0.25) is 0 Å². The summed E-state index contributed by atoms with van der Waals surface area (Å²) in [7, 11) is 0. The highest BCUT2D eigenvalue weighted by Crippen LogP contribution is 2.32. The predicted octanol–water partition coefficient (Wildman–Crippen LogP) is 6.64. The normalized spacial score (nSPS) is 11.1. The van der Waals surface area contributed by atoms with Crippen LogP contribution >= 0.6 is 0 Å². The number of carbonyl (C=O) groups is 2. The molecule has 2 heterocycles. The molecule has 0 spiro atoms. The van der Waals surface area contributed by atoms with E-state index in [4.69, 9.17) is 4.74 Å². The van der Waals surface area contributed by atoms with Crippen molar-refractivity contribution in [2.45, 2.75) is 26.8 Å². The smallest absolute Gasteiger partial charge is 0.339 e. The van der Waals surface area contributed by atoms with Crippen LogP contribution in [0.3, 0.4) is 0 Å². The summed E-state index contributed by atoms with van der Waals surface area (Å²) in [6, 6.07) is 31.4. The molecule has 0 bridgehead atoms. The Labute approximate surface area is 216 Å². The van der Waals surface area contributed by atoms with E-state index in [0.29, 0.717) is 22.2 Å². The third-order valence-electron chi connectivity index (χ3n) is 6.67. The molecule has 5 rings (SSSR count). The van der Waals surface area contributed by atoms with Gasteiger partial charge >= 0.3 is 5.97 Å². The van der Waals surface area contributed by atoms with Gasteiger partial charge in [0.1, 0.15) is 0 Å². The predicted molar refractivity (Wildman–Crippen MR) is 145 cm³/mol. The first kappa shape index (κ1) is 24.2. The van der Waals surface area contributed by atoms with Crippen LogP contribution in [-0.2, 0) is 4.74 Å². The topological polar surface area (TPSA) is 61.2 Å². The third kappa shape index (κ3) is 4.81. The number of hydrogen-bond acceptors (Lipinski definition) is 4. The zero-order chi connectivity index (χ0) is 25.9. The Hall–Kier alpha value is -4.51. The maximum Gasteiger partial charge on any atom is 0.339 e. The highest BCUT2D eigenvalue weighted by Gasteiger charge is 2.24. The Kier molecular flexibility index (Phi) is 6.69. The molecule has 0 atom stereocenters. The fourth-order valence-corrected chi connectivity index (χ4v) is 4.98. The fourth-order valence-electron chi connectivity index (χ4n) is 4.98. The molecule has 5 heteroatoms. The van der Waals surface area contributed by atoms with Crippen LogP contribution in [0.15, 0.2) is 97.1 Å². The van der Waals surface area contributed by atoms with Crippen molar-refractivity contribution in [1.82, 2.24) is 9.55 Å². The Morgan fingerprint density at radius 2 is 1.38 bits per heavy atom. The highest BCUT2D eigenvalue weighted by atomic mass is 16.5. The molecule has 3 aromatic carbocycles. The van der Waals surface area contributed by atoms with Crippen molar-refractivity contribution in [3.8, 4) is 0 Å². The van der Waals surface area contributed by atoms with E-state index in [-0.39, 0.29) is 18.4 Å². The van der Waals surface area contributed by atoms with Crippen molar-refractivity contribution < 1.29 is 14.3 Å². The third-order valence-corrected chi connectivity index (χ3v) is 6.67. The number of nitrogens with zero attached hydrogens (tertiary/aromatic N) is 2. The van der Waals surface area contributed by atoms with E-state index in [0.717, 1.165) is 28.0 Å². The molecule has 0 saturated carbocycles. The van der Waals surface area contributed by atoms with Crippen LogP contribution in [0.1, 0.15) is 55.0 Å². The van der Waals surface area contributed by atoms with E-state index >= 15 is 0 Å². The lowest BCUT2D eigenvalue weighted by Crippen LogP contribution is -2.18. The summed E-state index contributed by atoms with van der Waals surface area (Å²) in [4.78, 5) is 30.7. The molecule has 2 aromatic heterocycles. The summed E-state index contributed by atoms with van der Waals surface area (Å²) in [5.41, 5.74) is 6.45. The number of fused-ring (bicyclic) bond motifs is 1. The molecule has 0 aliphatic rings. The second kappa shape index (κ2) is 10.2. The number of carbonyl (C=O) groups excluding carboxylic acids is 2. The van der Waals surface area contributed by atoms with E-state index < -0.39 is 5.97 Å². The molecule has 5 nitrogen and oxygen atoms in total. The van der Waals surface area contributed by atoms with Gasteiger partial charge in [-0.15, -0.1) is 0 Å². The van der Waals surface area contributed by atoms with Crippen molar-refractivity contribution >= 4 is 22.7 Å². The number of aromatic nitrogens is 2. The molecule has 184 valence electrons. The van der Waals surface area contributed by atoms with Gasteiger partial charge in [-0.2, -0.15) is 0 Å². The van der Waals surface area contributed by atoms with Gasteiger partial charge in [0.05, 0.1) is 17.1 Å². The molecule has 0 amide bonds. The summed E-state index contributed by atoms with van der Waals surface area (Å²) < 4.78 is 7.70. The molecule has 0 aliphatic heterocycles. The minimum absolute atomic E-state index is 0.0855. The average molecular weight is 489 g/mol. The molecular formula is C32H28N2O3. The lowest BCUT2D eigenvalue weighted by Gasteiger charge is -2.24. The molecule has 0 saturated heterocycles. The van der Waals surface area contributed by atoms with Crippen LogP contribution in [0.4, 0.5) is 0 Å². The Morgan fingerprint density at radius 3 is 2.03 bits per heavy atom. The molecule has 0 aliphatic carbocycles. The second-order valence-corrected chi connectivity index (χ2v) is 9.21. The number of benzene rings is 3. The summed E-state index contributed by atoms with van der Waals surface area (Å²) in [6.45, 7) is 5.44. The summed E-state index contributed by atoms with van der Waals surface area (Å²) in [5.74, 6) is -0.766. The van der Waals surface area contributed by atoms with Gasteiger partial charge in [-0.1, -0.05) is 78.9 Å². The van der Waals surface area contributed by atoms with Crippen LogP contribution in [0.25, 0.3) is 10.9 Å². The van der Waals surface area contributed by atoms with Crippen LogP contribution in [0, 0.1) is 20.8 Å². The largest absolute Gasteiger partial charge is 0.454 e. The van der Waals surface area contributed by atoms with Crippen LogP contribution in [-0.4, -0.2) is 27.9 Å². The number of ketones is 1. The van der Waals surface area contributed by atoms with Gasteiger partial charge in [-0.3, -0.25) is 9.78 Å². The van der Waals surface area contributed by atoms with E-state index in [2.05, 4.69) is 33.8 Å². The minimum atomic E-state index is -0.532. The van der Waals surface area contributed by atoms with Crippen molar-refractivity contribution in [1.29, 1.82) is 0 Å². The van der Waals surface area contributed by atoms with Crippen LogP contribution in [0.5, 0.6) is 0 Å². The summed E-state index contributed by atoms with van der Waals surface area (Å²) in [5, 5.41) is 0.706. The van der Waals surface area contributed by atoms with Gasteiger partial charge in [0.25, 0.3) is 0 Å². The number of ether oxygens (including phenoxy) is 1. The molecule has 0 radical (unpaired) electrons. The van der Waals surface area contributed by atoms with Gasteiger partial charge in [0.15, 0.2) is 6.61 Å². The first-order valence-corrected chi connectivity index (χ1v) is 12.3. The number of Topliss-reactive ketones (excluding diaryl/α,β-unsaturated/α-hetero) is 1. The van der Waals surface area contributed by atoms with Gasteiger partial charge in [0.2, 0.25) is 5.78 Å². The zero-order valence-electron chi connectivity index (χ0n) is 21.1. The standard InChI is InChI=1S/C32H28N2O3/c1-21-18-28(26-16-10-11-17-29(26)33-21)32(36)37-20-30(35)27-19-22(2)34(23(27)3)31(24-12-6-4-7-13-24)25-14-8-5-9-15-25/h4-19,31H,20H2,1-3H3. The maximum absolute atomic E-state index is 13.3. The number of esters is 1. The van der Waals surface area contributed by atoms with E-state index in [9.17, 15) is 9.59 Å². The summed E-state index contributed by atoms with van der Waals surface area (Å²) >= 11 is 0. The second-order valence-electron chi connectivity index (χ2n) is 9.21. The molecule has 37 heavy (non-hydrogen) atoms. The first-order valence-electron chi connectivity index (χ1n) is 12.3. The lowest BCUT2D eigenvalue weighted by molar-refractivity contribution is 0.0476. The van der Waals surface area contributed by atoms with Gasteiger partial charge in [-0.05, 0) is 50.1 Å². The Morgan fingerprint density at radius 1 is 0.784 bits per heavy atom. The molecule has 0 fully saturated rings. The van der Waals surface area contributed by atoms with Crippen molar-refractivity contribution in [2.75, 3.05) is 6.61 Å². The number of aryl methyl sites for hydroxylation is 2. The Balaban J connectivity index is 1.43. The van der Waals surface area contributed by atoms with E-state index in [1.54, 1.807) is 6.07 Å². The SMILES string of the molecule is Cc1cc(C(=O)OCC(=O)c2cc(C)n(C(c3ccccc3)c3ccccc3)c2C)c2ccccc2n1.